The molecule has 0 aliphatic heterocycles. The number of hydrogen-bond acceptors (Lipinski definition) is 1. The maximum atomic E-state index is 10.3. The molecule has 0 amide bonds. The van der Waals surface area contributed by atoms with Crippen LogP contribution in [0.1, 0.15) is 86.5 Å². The molecule has 0 unspecified atom stereocenters. The summed E-state index contributed by atoms with van der Waals surface area (Å²) in [7, 11) is 0. The highest BCUT2D eigenvalue weighted by molar-refractivity contribution is 5.12. The van der Waals surface area contributed by atoms with Gasteiger partial charge in [0.2, 0.25) is 0 Å². The molecule has 0 radical (unpaired) electrons. The summed E-state index contributed by atoms with van der Waals surface area (Å²) in [4.78, 5) is 0. The molecule has 0 aromatic carbocycles. The zero-order chi connectivity index (χ0) is 18.1. The number of rotatable bonds is 1. The first-order chi connectivity index (χ1) is 11.7. The normalized spacial score (nSPS) is 58.6. The lowest BCUT2D eigenvalue weighted by Gasteiger charge is -2.64. The van der Waals surface area contributed by atoms with Crippen molar-refractivity contribution in [3.05, 3.63) is 0 Å². The van der Waals surface area contributed by atoms with Gasteiger partial charge in [-0.3, -0.25) is 0 Å². The van der Waals surface area contributed by atoms with E-state index in [1.54, 1.807) is 0 Å². The second kappa shape index (κ2) is 5.98. The van der Waals surface area contributed by atoms with E-state index in [2.05, 4.69) is 41.5 Å². The van der Waals surface area contributed by atoms with Crippen LogP contribution in [0.2, 0.25) is 0 Å². The smallest absolute Gasteiger partial charge is 0.0543 e. The Morgan fingerprint density at radius 2 is 1.64 bits per heavy atom. The van der Waals surface area contributed by atoms with E-state index in [0.717, 1.165) is 60.2 Å². The topological polar surface area (TPSA) is 20.2 Å². The lowest BCUT2D eigenvalue weighted by Crippen LogP contribution is -2.58. The van der Waals surface area contributed by atoms with Crippen molar-refractivity contribution in [1.29, 1.82) is 0 Å². The molecule has 0 aromatic heterocycles. The molecule has 4 saturated carbocycles. The van der Waals surface area contributed by atoms with Crippen molar-refractivity contribution in [3.63, 3.8) is 0 Å². The summed E-state index contributed by atoms with van der Waals surface area (Å²) in [5.74, 6) is 7.06. The fourth-order valence-corrected chi connectivity index (χ4v) is 9.08. The van der Waals surface area contributed by atoms with Gasteiger partial charge in [-0.1, -0.05) is 41.5 Å². The highest BCUT2D eigenvalue weighted by Gasteiger charge is 2.63. The summed E-state index contributed by atoms with van der Waals surface area (Å²) >= 11 is 0. The van der Waals surface area contributed by atoms with Gasteiger partial charge >= 0.3 is 0 Å². The molecular formula is C24H42O. The molecule has 4 aliphatic rings. The first-order valence-electron chi connectivity index (χ1n) is 11.4. The van der Waals surface area contributed by atoms with Crippen LogP contribution in [0.15, 0.2) is 0 Å². The zero-order valence-corrected chi connectivity index (χ0v) is 17.6. The second-order valence-corrected chi connectivity index (χ2v) is 11.6. The minimum Gasteiger partial charge on any atom is -0.393 e. The third-order valence-corrected chi connectivity index (χ3v) is 10.5. The van der Waals surface area contributed by atoms with Crippen molar-refractivity contribution in [2.75, 3.05) is 0 Å². The van der Waals surface area contributed by atoms with E-state index in [-0.39, 0.29) is 6.10 Å². The summed E-state index contributed by atoms with van der Waals surface area (Å²) in [6, 6.07) is 0. The molecular weight excluding hydrogens is 304 g/mol. The van der Waals surface area contributed by atoms with Crippen LogP contribution in [-0.4, -0.2) is 11.2 Å². The molecule has 0 bridgehead atoms. The van der Waals surface area contributed by atoms with Crippen LogP contribution >= 0.6 is 0 Å². The van der Waals surface area contributed by atoms with Gasteiger partial charge in [-0.25, -0.2) is 0 Å². The van der Waals surface area contributed by atoms with Gasteiger partial charge in [0.05, 0.1) is 6.10 Å². The molecule has 4 fully saturated rings. The van der Waals surface area contributed by atoms with Crippen molar-refractivity contribution in [3.8, 4) is 0 Å². The van der Waals surface area contributed by atoms with E-state index >= 15 is 0 Å². The van der Waals surface area contributed by atoms with Crippen molar-refractivity contribution in [2.24, 2.45) is 58.2 Å². The molecule has 1 nitrogen and oxygen atoms in total. The molecule has 0 heterocycles. The molecule has 0 saturated heterocycles. The third kappa shape index (κ3) is 2.43. The molecule has 4 aliphatic carbocycles. The van der Waals surface area contributed by atoms with Gasteiger partial charge in [-0.05, 0) is 103 Å². The Balaban J connectivity index is 1.70. The van der Waals surface area contributed by atoms with Crippen LogP contribution in [0, 0.1) is 58.2 Å². The summed E-state index contributed by atoms with van der Waals surface area (Å²) in [5.41, 5.74) is 1.07. The maximum absolute atomic E-state index is 10.3. The predicted molar refractivity (Wildman–Crippen MR) is 105 cm³/mol. The molecule has 0 aromatic rings. The van der Waals surface area contributed by atoms with Crippen LogP contribution in [0.3, 0.4) is 0 Å². The van der Waals surface area contributed by atoms with Gasteiger partial charge in [-0.2, -0.15) is 0 Å². The van der Waals surface area contributed by atoms with Crippen LogP contribution in [0.5, 0.6) is 0 Å². The molecule has 10 atom stereocenters. The van der Waals surface area contributed by atoms with E-state index < -0.39 is 0 Å². The summed E-state index contributed by atoms with van der Waals surface area (Å²) in [6.45, 7) is 15.4. The number of hydrogen-bond donors (Lipinski definition) is 1. The minimum absolute atomic E-state index is 0.0232. The van der Waals surface area contributed by atoms with E-state index in [1.165, 1.54) is 32.1 Å². The summed E-state index contributed by atoms with van der Waals surface area (Å²) in [6.07, 6.45) is 9.17. The Kier molecular flexibility index (Phi) is 4.38. The Bertz CT molecular complexity index is 512. The van der Waals surface area contributed by atoms with Gasteiger partial charge in [0.25, 0.3) is 0 Å². The Morgan fingerprint density at radius 1 is 0.920 bits per heavy atom. The average Bonchev–Trinajstić information content (AvgIpc) is 2.89. The van der Waals surface area contributed by atoms with Gasteiger partial charge in [0, 0.05) is 0 Å². The SMILES string of the molecule is CC(C)[C@H]1CC[C@H]2[C@@H]3[C@H](C)C[C@@H]4C[C@H](O)CC[C@]4(C)[C@H]3C[C@H](C)[C@]12C. The Labute approximate surface area is 156 Å². The number of aliphatic hydroxyl groups is 1. The minimum atomic E-state index is -0.0232. The van der Waals surface area contributed by atoms with Crippen LogP contribution in [-0.2, 0) is 0 Å². The molecule has 144 valence electrons. The Hall–Kier alpha value is -0.0400. The third-order valence-electron chi connectivity index (χ3n) is 10.5. The van der Waals surface area contributed by atoms with Crippen molar-refractivity contribution >= 4 is 0 Å². The highest BCUT2D eigenvalue weighted by atomic mass is 16.3. The molecule has 1 N–H and O–H groups in total. The van der Waals surface area contributed by atoms with Crippen LogP contribution in [0.4, 0.5) is 0 Å². The van der Waals surface area contributed by atoms with E-state index in [1.807, 2.05) is 0 Å². The standard InChI is InChI=1S/C24H42O/c1-14(2)19-7-8-20-22-15(3)11-17-13-18(25)9-10-23(17,5)21(22)12-16(4)24(19,20)6/h14-22,25H,7-13H2,1-6H3/t15-,16+,17-,18-,19-,20+,21+,22+,23+,24-/m1/s1. The summed E-state index contributed by atoms with van der Waals surface area (Å²) < 4.78 is 0. The first kappa shape index (κ1) is 18.3. The highest BCUT2D eigenvalue weighted by Crippen LogP contribution is 2.70. The van der Waals surface area contributed by atoms with Gasteiger partial charge < -0.3 is 5.11 Å². The van der Waals surface area contributed by atoms with Crippen molar-refractivity contribution in [1.82, 2.24) is 0 Å². The van der Waals surface area contributed by atoms with Crippen LogP contribution < -0.4 is 0 Å². The molecule has 0 spiro atoms. The van der Waals surface area contributed by atoms with Crippen molar-refractivity contribution in [2.45, 2.75) is 92.6 Å². The fourth-order valence-electron chi connectivity index (χ4n) is 9.08. The monoisotopic (exact) mass is 346 g/mol. The Morgan fingerprint density at radius 3 is 2.32 bits per heavy atom. The lowest BCUT2D eigenvalue weighted by atomic mass is 9.40. The quantitative estimate of drug-likeness (QED) is 0.603. The maximum Gasteiger partial charge on any atom is 0.0543 e. The van der Waals surface area contributed by atoms with E-state index in [9.17, 15) is 5.11 Å². The predicted octanol–water partition coefficient (Wildman–Crippen LogP) is 6.15. The molecule has 25 heavy (non-hydrogen) atoms. The van der Waals surface area contributed by atoms with E-state index in [4.69, 9.17) is 0 Å². The van der Waals surface area contributed by atoms with Gasteiger partial charge in [-0.15, -0.1) is 0 Å². The first-order valence-corrected chi connectivity index (χ1v) is 11.4. The second-order valence-electron chi connectivity index (χ2n) is 11.6. The van der Waals surface area contributed by atoms with Crippen LogP contribution in [0.25, 0.3) is 0 Å². The zero-order valence-electron chi connectivity index (χ0n) is 17.6. The summed E-state index contributed by atoms with van der Waals surface area (Å²) in [5, 5.41) is 10.3. The largest absolute Gasteiger partial charge is 0.393 e. The number of aliphatic hydroxyl groups excluding tert-OH is 1. The van der Waals surface area contributed by atoms with E-state index in [0.29, 0.717) is 10.8 Å². The number of fused-ring (bicyclic) bond motifs is 5. The van der Waals surface area contributed by atoms with Crippen molar-refractivity contribution < 1.29 is 5.11 Å². The molecule has 4 rings (SSSR count). The lowest BCUT2D eigenvalue weighted by molar-refractivity contribution is -0.167. The van der Waals surface area contributed by atoms with Gasteiger partial charge in [0.15, 0.2) is 0 Å². The van der Waals surface area contributed by atoms with Gasteiger partial charge in [0.1, 0.15) is 0 Å². The fraction of sp³-hybridized carbons (Fsp3) is 1.00. The molecule has 1 heteroatoms. The average molecular weight is 347 g/mol.